The fourth-order valence-electron chi connectivity index (χ4n) is 2.23. The molecule has 3 nitrogen and oxygen atoms in total. The van der Waals surface area contributed by atoms with Crippen molar-refractivity contribution >= 4 is 15.9 Å². The van der Waals surface area contributed by atoms with E-state index in [0.717, 1.165) is 30.9 Å². The maximum Gasteiger partial charge on any atom is 0.137 e. The average Bonchev–Trinajstić information content (AvgIpc) is 2.38. The fourth-order valence-corrected chi connectivity index (χ4v) is 2.69. The summed E-state index contributed by atoms with van der Waals surface area (Å²) in [4.78, 5) is 2.33. The molecule has 0 radical (unpaired) electrons. The molecule has 0 spiro atoms. The number of methoxy groups -OCH3 is 1. The molecule has 1 atom stereocenters. The number of benzene rings is 1. The first-order valence-electron chi connectivity index (χ1n) is 6.09. The van der Waals surface area contributed by atoms with Gasteiger partial charge in [0.2, 0.25) is 0 Å². The van der Waals surface area contributed by atoms with Crippen LogP contribution in [0.15, 0.2) is 16.6 Å². The van der Waals surface area contributed by atoms with E-state index in [1.54, 1.807) is 13.2 Å². The number of nitrogens with one attached hydrogen (secondary N) is 1. The van der Waals surface area contributed by atoms with Crippen molar-refractivity contribution in [3.8, 4) is 5.75 Å². The van der Waals surface area contributed by atoms with Gasteiger partial charge in [0.1, 0.15) is 11.6 Å². The molecular formula is C13H18BrFN2O. The molecule has 1 saturated heterocycles. The second-order valence-electron chi connectivity index (χ2n) is 4.57. The molecule has 18 heavy (non-hydrogen) atoms. The molecule has 1 aliphatic rings. The van der Waals surface area contributed by atoms with Crippen LogP contribution in [0.4, 0.5) is 4.39 Å². The summed E-state index contributed by atoms with van der Waals surface area (Å²) in [7, 11) is 1.62. The number of nitrogens with zero attached hydrogens (tertiary/aromatic N) is 1. The van der Waals surface area contributed by atoms with Crippen molar-refractivity contribution in [1.29, 1.82) is 0 Å². The van der Waals surface area contributed by atoms with Crippen LogP contribution in [0.25, 0.3) is 0 Å². The maximum absolute atomic E-state index is 13.6. The van der Waals surface area contributed by atoms with Gasteiger partial charge in [0.05, 0.1) is 11.6 Å². The molecule has 1 heterocycles. The fraction of sp³-hybridized carbons (Fsp3) is 0.538. The Morgan fingerprint density at radius 3 is 3.00 bits per heavy atom. The van der Waals surface area contributed by atoms with Crippen molar-refractivity contribution in [3.63, 3.8) is 0 Å². The van der Waals surface area contributed by atoms with E-state index in [1.807, 2.05) is 0 Å². The van der Waals surface area contributed by atoms with Gasteiger partial charge in [-0.3, -0.25) is 4.90 Å². The van der Waals surface area contributed by atoms with E-state index in [0.29, 0.717) is 17.1 Å². The van der Waals surface area contributed by atoms with Crippen LogP contribution >= 0.6 is 15.9 Å². The third-order valence-corrected chi connectivity index (χ3v) is 4.23. The van der Waals surface area contributed by atoms with Gasteiger partial charge in [-0.1, -0.05) is 0 Å². The molecule has 0 aliphatic carbocycles. The molecule has 1 fully saturated rings. The van der Waals surface area contributed by atoms with Crippen molar-refractivity contribution < 1.29 is 9.13 Å². The van der Waals surface area contributed by atoms with Crippen LogP contribution in [-0.4, -0.2) is 37.7 Å². The third-order valence-electron chi connectivity index (χ3n) is 3.37. The van der Waals surface area contributed by atoms with Crippen LogP contribution in [0.2, 0.25) is 0 Å². The molecule has 2 rings (SSSR count). The minimum Gasteiger partial charge on any atom is -0.496 e. The van der Waals surface area contributed by atoms with Crippen molar-refractivity contribution in [2.24, 2.45) is 0 Å². The molecule has 100 valence electrons. The number of hydrogen-bond acceptors (Lipinski definition) is 3. The first kappa shape index (κ1) is 13.8. The molecule has 1 N–H and O–H groups in total. The summed E-state index contributed by atoms with van der Waals surface area (Å²) in [6.45, 7) is 5.78. The molecule has 1 aliphatic heterocycles. The van der Waals surface area contributed by atoms with Gasteiger partial charge in [0, 0.05) is 37.8 Å². The van der Waals surface area contributed by atoms with Crippen LogP contribution in [0, 0.1) is 5.82 Å². The Kier molecular flexibility index (Phi) is 4.59. The van der Waals surface area contributed by atoms with Crippen molar-refractivity contribution in [3.05, 3.63) is 28.0 Å². The molecular weight excluding hydrogens is 299 g/mol. The lowest BCUT2D eigenvalue weighted by Crippen LogP contribution is -2.49. The highest BCUT2D eigenvalue weighted by atomic mass is 79.9. The summed E-state index contributed by atoms with van der Waals surface area (Å²) in [5.74, 6) is 0.489. The molecule has 0 bridgehead atoms. The standard InChI is InChI=1S/C13H18BrFN2O/c1-9-7-16-5-6-17(9)8-10-12(18-2)4-3-11(15)13(10)14/h3-4,9,16H,5-8H2,1-2H3. The van der Waals surface area contributed by atoms with E-state index in [2.05, 4.69) is 33.1 Å². The van der Waals surface area contributed by atoms with Gasteiger partial charge in [0.15, 0.2) is 0 Å². The molecule has 5 heteroatoms. The van der Waals surface area contributed by atoms with Gasteiger partial charge >= 0.3 is 0 Å². The minimum atomic E-state index is -0.242. The normalized spacial score (nSPS) is 21.0. The number of hydrogen-bond donors (Lipinski definition) is 1. The molecule has 1 aromatic rings. The Morgan fingerprint density at radius 2 is 2.33 bits per heavy atom. The van der Waals surface area contributed by atoms with Gasteiger partial charge in [-0.25, -0.2) is 4.39 Å². The Labute approximate surface area is 115 Å². The highest BCUT2D eigenvalue weighted by molar-refractivity contribution is 9.10. The molecule has 0 saturated carbocycles. The number of halogens is 2. The average molecular weight is 317 g/mol. The van der Waals surface area contributed by atoms with Gasteiger partial charge < -0.3 is 10.1 Å². The predicted octanol–water partition coefficient (Wildman–Crippen LogP) is 2.39. The SMILES string of the molecule is COc1ccc(F)c(Br)c1CN1CCNCC1C. The number of rotatable bonds is 3. The summed E-state index contributed by atoms with van der Waals surface area (Å²) in [5, 5.41) is 3.35. The Balaban J connectivity index is 2.24. The van der Waals surface area contributed by atoms with E-state index < -0.39 is 0 Å². The quantitative estimate of drug-likeness (QED) is 0.926. The Hall–Kier alpha value is -0.650. The summed E-state index contributed by atoms with van der Waals surface area (Å²) in [5.41, 5.74) is 0.881. The van der Waals surface area contributed by atoms with E-state index in [1.165, 1.54) is 6.07 Å². The monoisotopic (exact) mass is 316 g/mol. The minimum absolute atomic E-state index is 0.242. The lowest BCUT2D eigenvalue weighted by molar-refractivity contribution is 0.163. The van der Waals surface area contributed by atoms with Crippen LogP contribution in [0.3, 0.4) is 0 Å². The van der Waals surface area contributed by atoms with E-state index in [4.69, 9.17) is 4.74 Å². The summed E-state index contributed by atoms with van der Waals surface area (Å²) >= 11 is 3.32. The first-order chi connectivity index (χ1) is 8.63. The summed E-state index contributed by atoms with van der Waals surface area (Å²) in [6.07, 6.45) is 0. The van der Waals surface area contributed by atoms with Gasteiger partial charge in [0.25, 0.3) is 0 Å². The molecule has 1 aromatic carbocycles. The molecule has 0 aromatic heterocycles. The molecule has 0 amide bonds. The lowest BCUT2D eigenvalue weighted by Gasteiger charge is -2.34. The van der Waals surface area contributed by atoms with Gasteiger partial charge in [-0.05, 0) is 35.0 Å². The zero-order chi connectivity index (χ0) is 13.1. The van der Waals surface area contributed by atoms with Crippen molar-refractivity contribution in [2.45, 2.75) is 19.5 Å². The smallest absolute Gasteiger partial charge is 0.137 e. The third kappa shape index (κ3) is 2.84. The van der Waals surface area contributed by atoms with Crippen molar-refractivity contribution in [2.75, 3.05) is 26.7 Å². The predicted molar refractivity (Wildman–Crippen MR) is 73.4 cm³/mol. The largest absolute Gasteiger partial charge is 0.496 e. The van der Waals surface area contributed by atoms with Gasteiger partial charge in [-0.15, -0.1) is 0 Å². The van der Waals surface area contributed by atoms with Gasteiger partial charge in [-0.2, -0.15) is 0 Å². The zero-order valence-corrected chi connectivity index (χ0v) is 12.3. The van der Waals surface area contributed by atoms with Crippen molar-refractivity contribution in [1.82, 2.24) is 10.2 Å². The Morgan fingerprint density at radius 1 is 1.56 bits per heavy atom. The van der Waals surface area contributed by atoms with Crippen LogP contribution in [0.5, 0.6) is 5.75 Å². The van der Waals surface area contributed by atoms with Crippen LogP contribution < -0.4 is 10.1 Å². The highest BCUT2D eigenvalue weighted by Crippen LogP contribution is 2.31. The summed E-state index contributed by atoms with van der Waals surface area (Å²) in [6, 6.07) is 3.55. The highest BCUT2D eigenvalue weighted by Gasteiger charge is 2.21. The second-order valence-corrected chi connectivity index (χ2v) is 5.36. The second kappa shape index (κ2) is 5.99. The first-order valence-corrected chi connectivity index (χ1v) is 6.88. The van der Waals surface area contributed by atoms with E-state index in [-0.39, 0.29) is 5.82 Å². The van der Waals surface area contributed by atoms with Crippen LogP contribution in [0.1, 0.15) is 12.5 Å². The van der Waals surface area contributed by atoms with Crippen LogP contribution in [-0.2, 0) is 6.54 Å². The summed E-state index contributed by atoms with van der Waals surface area (Å²) < 4.78 is 19.4. The molecule has 1 unspecified atom stereocenters. The Bertz CT molecular complexity index is 428. The zero-order valence-electron chi connectivity index (χ0n) is 10.7. The number of piperazine rings is 1. The van der Waals surface area contributed by atoms with E-state index >= 15 is 0 Å². The van der Waals surface area contributed by atoms with E-state index in [9.17, 15) is 4.39 Å². The maximum atomic E-state index is 13.6. The number of ether oxygens (including phenoxy) is 1. The topological polar surface area (TPSA) is 24.5 Å². The lowest BCUT2D eigenvalue weighted by atomic mass is 10.1.